The maximum absolute atomic E-state index is 12.9. The number of carbonyl (C=O) groups is 2. The molecule has 1 amide bonds. The number of unbranched alkanes of at least 4 members (excludes halogenated alkanes) is 7. The molecule has 0 aromatic heterocycles. The van der Waals surface area contributed by atoms with Crippen LogP contribution < -0.4 is 5.32 Å². The van der Waals surface area contributed by atoms with Gasteiger partial charge in [-0.2, -0.15) is 0 Å². The first-order chi connectivity index (χ1) is 23.1. The predicted molar refractivity (Wildman–Crippen MR) is 171 cm³/mol. The van der Waals surface area contributed by atoms with Crippen LogP contribution in [0.1, 0.15) is 91.9 Å². The van der Waals surface area contributed by atoms with Crippen LogP contribution >= 0.6 is 0 Å². The predicted octanol–water partition coefficient (Wildman–Crippen LogP) is -0.700. The van der Waals surface area contributed by atoms with Crippen molar-refractivity contribution in [2.45, 2.75) is 178 Å². The van der Waals surface area contributed by atoms with Gasteiger partial charge in [-0.05, 0) is 25.2 Å². The lowest BCUT2D eigenvalue weighted by molar-refractivity contribution is -0.361. The zero-order valence-electron chi connectivity index (χ0n) is 29.0. The molecule has 0 aromatic carbocycles. The zero-order chi connectivity index (χ0) is 36.5. The lowest BCUT2D eigenvalue weighted by Gasteiger charge is -2.51. The van der Waals surface area contributed by atoms with E-state index < -0.39 is 104 Å². The summed E-state index contributed by atoms with van der Waals surface area (Å²) in [6.45, 7) is 6.22. The van der Waals surface area contributed by atoms with Gasteiger partial charge in [0, 0.05) is 12.8 Å². The van der Waals surface area contributed by atoms with Crippen molar-refractivity contribution >= 4 is 11.9 Å². The molecule has 3 saturated heterocycles. The van der Waals surface area contributed by atoms with E-state index in [0.717, 1.165) is 38.5 Å². The van der Waals surface area contributed by atoms with Crippen LogP contribution in [-0.2, 0) is 33.3 Å². The molecule has 3 rings (SSSR count). The first kappa shape index (κ1) is 41.9. The van der Waals surface area contributed by atoms with Gasteiger partial charge in [0.1, 0.15) is 54.9 Å². The van der Waals surface area contributed by atoms with Gasteiger partial charge >= 0.3 is 5.97 Å². The molecule has 16 nitrogen and oxygen atoms in total. The number of carboxylic acid groups (broad SMARTS) is 1. The second kappa shape index (κ2) is 19.3. The van der Waals surface area contributed by atoms with Crippen molar-refractivity contribution < 1.29 is 74.1 Å². The summed E-state index contributed by atoms with van der Waals surface area (Å²) < 4.78 is 29.1. The molecule has 16 heteroatoms. The van der Waals surface area contributed by atoms with E-state index in [1.165, 1.54) is 6.92 Å². The molecule has 3 aliphatic heterocycles. The van der Waals surface area contributed by atoms with E-state index in [1.54, 1.807) is 0 Å². The average Bonchev–Trinajstić information content (AvgIpc) is 3.03. The topological polar surface area (TPSA) is 254 Å². The van der Waals surface area contributed by atoms with E-state index in [-0.39, 0.29) is 25.4 Å². The molecule has 49 heavy (non-hydrogen) atoms. The lowest BCUT2D eigenvalue weighted by Crippen LogP contribution is -2.69. The van der Waals surface area contributed by atoms with Crippen molar-refractivity contribution in [1.82, 2.24) is 5.32 Å². The average molecular weight is 710 g/mol. The highest BCUT2D eigenvalue weighted by Gasteiger charge is 2.54. The Morgan fingerprint density at radius 2 is 1.29 bits per heavy atom. The van der Waals surface area contributed by atoms with Gasteiger partial charge in [-0.3, -0.25) is 9.59 Å². The Morgan fingerprint density at radius 1 is 0.735 bits per heavy atom. The lowest BCUT2D eigenvalue weighted by atomic mass is 9.79. The van der Waals surface area contributed by atoms with Crippen LogP contribution in [0.15, 0.2) is 0 Å². The SMILES string of the molecule is CC1O[C@@H](OC2C(O)[C@@H](NC(=O)CCCCCCCCCCC(=O)O)C(CO)O[C@H]2C(C)(C)C)C(O)C(O)[C@H]1O[C@@H]1OC[C@@H](O)C(O)C1O. The van der Waals surface area contributed by atoms with Crippen LogP contribution in [-0.4, -0.2) is 152 Å². The molecule has 0 radical (unpaired) electrons. The fraction of sp³-hybridized carbons (Fsp3) is 0.939. The van der Waals surface area contributed by atoms with Gasteiger partial charge in [-0.15, -0.1) is 0 Å². The van der Waals surface area contributed by atoms with Gasteiger partial charge in [0.25, 0.3) is 0 Å². The standard InChI is InChI=1S/C33H59NO15/c1-17-28(48-31-26(43)23(40)18(36)16-45-31)25(42)27(44)32(46-17)49-29-24(41)22(19(15-35)47-30(29)33(2,3)4)34-20(37)13-11-9-7-5-6-8-10-12-14-21(38)39/h17-19,22-32,35-36,40-44H,5-16H2,1-4H3,(H,34,37)(H,38,39)/t17?,18-,19?,22+,23?,24?,25?,26?,27?,28+,29?,30-,31+,32+/m1/s1. The van der Waals surface area contributed by atoms with E-state index in [0.29, 0.717) is 12.8 Å². The van der Waals surface area contributed by atoms with Crippen molar-refractivity contribution in [2.75, 3.05) is 13.2 Å². The van der Waals surface area contributed by atoms with E-state index in [9.17, 15) is 45.3 Å². The molecular formula is C33H59NO15. The fourth-order valence-electron chi connectivity index (χ4n) is 6.53. The second-order valence-electron chi connectivity index (χ2n) is 14.6. The molecule has 8 unspecified atom stereocenters. The van der Waals surface area contributed by atoms with Crippen molar-refractivity contribution in [3.8, 4) is 0 Å². The number of aliphatic hydroxyl groups excluding tert-OH is 7. The second-order valence-corrected chi connectivity index (χ2v) is 14.6. The molecule has 3 heterocycles. The van der Waals surface area contributed by atoms with E-state index in [1.807, 2.05) is 20.8 Å². The van der Waals surface area contributed by atoms with Crippen molar-refractivity contribution in [1.29, 1.82) is 0 Å². The summed E-state index contributed by atoms with van der Waals surface area (Å²) in [4.78, 5) is 23.5. The molecule has 0 spiro atoms. The number of ether oxygens (including phenoxy) is 5. The summed E-state index contributed by atoms with van der Waals surface area (Å²) >= 11 is 0. The normalized spacial score (nSPS) is 38.7. The quantitative estimate of drug-likeness (QED) is 0.0847. The van der Waals surface area contributed by atoms with E-state index in [4.69, 9.17) is 28.8 Å². The zero-order valence-corrected chi connectivity index (χ0v) is 29.0. The highest BCUT2D eigenvalue weighted by molar-refractivity contribution is 5.76. The van der Waals surface area contributed by atoms with Crippen LogP contribution in [0.3, 0.4) is 0 Å². The maximum atomic E-state index is 12.9. The number of hydrogen-bond acceptors (Lipinski definition) is 14. The van der Waals surface area contributed by atoms with Gasteiger partial charge in [0.05, 0.1) is 31.5 Å². The van der Waals surface area contributed by atoms with Gasteiger partial charge in [0.15, 0.2) is 12.6 Å². The van der Waals surface area contributed by atoms with Crippen LogP contribution in [0, 0.1) is 5.41 Å². The summed E-state index contributed by atoms with van der Waals surface area (Å²) in [5.41, 5.74) is -0.653. The van der Waals surface area contributed by atoms with E-state index in [2.05, 4.69) is 5.32 Å². The third-order valence-electron chi connectivity index (χ3n) is 9.44. The Bertz CT molecular complexity index is 1010. The monoisotopic (exact) mass is 709 g/mol. The Labute approximate surface area is 287 Å². The third-order valence-corrected chi connectivity index (χ3v) is 9.44. The number of aliphatic carboxylic acids is 1. The minimum Gasteiger partial charge on any atom is -0.481 e. The molecular weight excluding hydrogens is 650 g/mol. The number of amides is 1. The summed E-state index contributed by atoms with van der Waals surface area (Å²) in [5.74, 6) is -1.12. The Kier molecular flexibility index (Phi) is 16.5. The minimum atomic E-state index is -1.71. The number of hydrogen-bond donors (Lipinski definition) is 9. The molecule has 3 aliphatic rings. The number of nitrogens with one attached hydrogen (secondary N) is 1. The Balaban J connectivity index is 1.58. The fourth-order valence-corrected chi connectivity index (χ4v) is 6.53. The first-order valence-corrected chi connectivity index (χ1v) is 17.5. The smallest absolute Gasteiger partial charge is 0.303 e. The van der Waals surface area contributed by atoms with Crippen molar-refractivity contribution in [3.05, 3.63) is 0 Å². The summed E-state index contributed by atoms with van der Waals surface area (Å²) in [6, 6.07) is -1.06. The third kappa shape index (κ3) is 11.7. The van der Waals surface area contributed by atoms with Gasteiger partial charge in [0.2, 0.25) is 5.91 Å². The van der Waals surface area contributed by atoms with Crippen LogP contribution in [0.5, 0.6) is 0 Å². The number of carbonyl (C=O) groups excluding carboxylic acids is 1. The number of aliphatic hydroxyl groups is 7. The highest BCUT2D eigenvalue weighted by Crippen LogP contribution is 2.37. The highest BCUT2D eigenvalue weighted by atomic mass is 16.7. The van der Waals surface area contributed by atoms with E-state index >= 15 is 0 Å². The molecule has 286 valence electrons. The first-order valence-electron chi connectivity index (χ1n) is 17.5. The van der Waals surface area contributed by atoms with Crippen LogP contribution in [0.25, 0.3) is 0 Å². The molecule has 0 saturated carbocycles. The summed E-state index contributed by atoms with van der Waals surface area (Å²) in [6.07, 6.45) is -10.0. The molecule has 9 N–H and O–H groups in total. The summed E-state index contributed by atoms with van der Waals surface area (Å²) in [7, 11) is 0. The molecule has 0 bridgehead atoms. The Morgan fingerprint density at radius 3 is 1.86 bits per heavy atom. The molecule has 0 aromatic rings. The molecule has 3 fully saturated rings. The van der Waals surface area contributed by atoms with Crippen molar-refractivity contribution in [2.24, 2.45) is 5.41 Å². The minimum absolute atomic E-state index is 0.189. The Hall–Kier alpha value is -1.54. The summed E-state index contributed by atoms with van der Waals surface area (Å²) in [5, 5.41) is 85.2. The van der Waals surface area contributed by atoms with Gasteiger partial charge in [-0.25, -0.2) is 0 Å². The molecule has 0 aliphatic carbocycles. The van der Waals surface area contributed by atoms with Gasteiger partial charge in [-0.1, -0.05) is 59.3 Å². The van der Waals surface area contributed by atoms with Crippen LogP contribution in [0.2, 0.25) is 0 Å². The largest absolute Gasteiger partial charge is 0.481 e. The van der Waals surface area contributed by atoms with Crippen molar-refractivity contribution in [3.63, 3.8) is 0 Å². The maximum Gasteiger partial charge on any atom is 0.303 e. The van der Waals surface area contributed by atoms with Gasteiger partial charge < -0.3 is 69.9 Å². The molecule has 14 atom stereocenters. The number of carboxylic acids is 1. The van der Waals surface area contributed by atoms with Crippen LogP contribution in [0.4, 0.5) is 0 Å². The number of rotatable bonds is 17.